The molecular formula is C18H20N4O2S2. The van der Waals surface area contributed by atoms with E-state index in [2.05, 4.69) is 27.6 Å². The summed E-state index contributed by atoms with van der Waals surface area (Å²) >= 11 is 2.78. The van der Waals surface area contributed by atoms with Crippen LogP contribution in [0.25, 0.3) is 10.2 Å². The lowest BCUT2D eigenvalue weighted by molar-refractivity contribution is 0.0599. The van der Waals surface area contributed by atoms with E-state index in [-0.39, 0.29) is 12.0 Å². The van der Waals surface area contributed by atoms with Crippen molar-refractivity contribution < 1.29 is 9.53 Å². The molecule has 1 fully saturated rings. The van der Waals surface area contributed by atoms with E-state index in [9.17, 15) is 4.79 Å². The number of hydrogen-bond donors (Lipinski definition) is 0. The van der Waals surface area contributed by atoms with Gasteiger partial charge in [0, 0.05) is 25.9 Å². The minimum atomic E-state index is 0.0573. The molecule has 3 aromatic rings. The summed E-state index contributed by atoms with van der Waals surface area (Å²) in [6, 6.07) is 8.04. The Kier molecular flexibility index (Phi) is 5.12. The van der Waals surface area contributed by atoms with Crippen LogP contribution in [0.3, 0.4) is 0 Å². The van der Waals surface area contributed by atoms with Crippen LogP contribution in [0.2, 0.25) is 0 Å². The molecule has 8 heteroatoms. The molecule has 0 spiro atoms. The van der Waals surface area contributed by atoms with Gasteiger partial charge < -0.3 is 9.64 Å². The maximum Gasteiger partial charge on any atom is 0.274 e. The first-order chi connectivity index (χ1) is 12.7. The summed E-state index contributed by atoms with van der Waals surface area (Å²) in [5, 5.41) is 4.82. The number of likely N-dealkylation sites (tertiary alicyclic amines) is 1. The van der Waals surface area contributed by atoms with Crippen LogP contribution in [0.5, 0.6) is 5.19 Å². The Hall–Kier alpha value is -2.06. The third-order valence-corrected chi connectivity index (χ3v) is 6.19. The van der Waals surface area contributed by atoms with E-state index in [4.69, 9.17) is 4.74 Å². The van der Waals surface area contributed by atoms with Crippen LogP contribution in [0.15, 0.2) is 24.3 Å². The highest BCUT2D eigenvalue weighted by Crippen LogP contribution is 2.30. The Bertz CT molecular complexity index is 866. The summed E-state index contributed by atoms with van der Waals surface area (Å²) in [6.07, 6.45) is 3.50. The van der Waals surface area contributed by atoms with Crippen molar-refractivity contribution in [2.45, 2.75) is 38.7 Å². The fourth-order valence-electron chi connectivity index (χ4n) is 3.14. The molecule has 6 nitrogen and oxygen atoms in total. The van der Waals surface area contributed by atoms with Gasteiger partial charge in [0.25, 0.3) is 11.1 Å². The Morgan fingerprint density at radius 1 is 1.31 bits per heavy atom. The maximum absolute atomic E-state index is 12.7. The molecule has 1 aliphatic rings. The number of ether oxygens (including phenoxy) is 1. The van der Waals surface area contributed by atoms with Crippen LogP contribution in [0, 0.1) is 0 Å². The largest absolute Gasteiger partial charge is 0.467 e. The Balaban J connectivity index is 1.36. The highest BCUT2D eigenvalue weighted by molar-refractivity contribution is 7.20. The maximum atomic E-state index is 12.7. The fourth-order valence-corrected chi connectivity index (χ4v) is 4.69. The average molecular weight is 389 g/mol. The van der Waals surface area contributed by atoms with Gasteiger partial charge in [-0.15, -0.1) is 5.10 Å². The van der Waals surface area contributed by atoms with Crippen molar-refractivity contribution in [1.82, 2.24) is 19.5 Å². The zero-order valence-corrected chi connectivity index (χ0v) is 16.2. The third kappa shape index (κ3) is 3.57. The molecule has 1 aliphatic heterocycles. The molecular weight excluding hydrogens is 368 g/mol. The van der Waals surface area contributed by atoms with Gasteiger partial charge in [-0.05, 0) is 30.1 Å². The summed E-state index contributed by atoms with van der Waals surface area (Å²) in [5.74, 6) is 0.0573. The van der Waals surface area contributed by atoms with Gasteiger partial charge in [0.1, 0.15) is 11.0 Å². The van der Waals surface area contributed by atoms with Crippen molar-refractivity contribution >= 4 is 39.0 Å². The molecule has 1 saturated heterocycles. The van der Waals surface area contributed by atoms with Crippen LogP contribution in [-0.4, -0.2) is 44.6 Å². The molecule has 4 rings (SSSR count). The fraction of sp³-hybridized carbons (Fsp3) is 0.444. The topological polar surface area (TPSA) is 68.2 Å². The van der Waals surface area contributed by atoms with Gasteiger partial charge in [0.05, 0.1) is 15.9 Å². The first-order valence-corrected chi connectivity index (χ1v) is 10.5. The monoisotopic (exact) mass is 388 g/mol. The molecule has 1 amide bonds. The van der Waals surface area contributed by atoms with Gasteiger partial charge in [-0.1, -0.05) is 41.3 Å². The molecule has 3 heterocycles. The van der Waals surface area contributed by atoms with Crippen molar-refractivity contribution in [3.05, 3.63) is 34.8 Å². The first-order valence-electron chi connectivity index (χ1n) is 8.87. The summed E-state index contributed by atoms with van der Waals surface area (Å²) in [6.45, 7) is 3.47. The molecule has 0 atom stereocenters. The SMILES string of the molecule is CCCc1nnsc1C(=O)N1CCC(Oc2nc3ccccc3s2)CC1. The van der Waals surface area contributed by atoms with Crippen LogP contribution in [0.4, 0.5) is 0 Å². The number of fused-ring (bicyclic) bond motifs is 1. The molecule has 0 bridgehead atoms. The van der Waals surface area contributed by atoms with Gasteiger partial charge in [0.2, 0.25) is 0 Å². The summed E-state index contributed by atoms with van der Waals surface area (Å²) in [7, 11) is 0. The predicted molar refractivity (Wildman–Crippen MR) is 103 cm³/mol. The van der Waals surface area contributed by atoms with E-state index < -0.39 is 0 Å². The average Bonchev–Trinajstić information content (AvgIpc) is 3.28. The molecule has 26 heavy (non-hydrogen) atoms. The van der Waals surface area contributed by atoms with Gasteiger partial charge in [0.15, 0.2) is 0 Å². The van der Waals surface area contributed by atoms with Gasteiger partial charge in [-0.3, -0.25) is 4.79 Å². The lowest BCUT2D eigenvalue weighted by Crippen LogP contribution is -2.41. The zero-order valence-electron chi connectivity index (χ0n) is 14.6. The van der Waals surface area contributed by atoms with Gasteiger partial charge >= 0.3 is 0 Å². The van der Waals surface area contributed by atoms with E-state index >= 15 is 0 Å². The summed E-state index contributed by atoms with van der Waals surface area (Å²) < 4.78 is 11.2. The Morgan fingerprint density at radius 3 is 2.88 bits per heavy atom. The van der Waals surface area contributed by atoms with Crippen LogP contribution >= 0.6 is 22.9 Å². The minimum Gasteiger partial charge on any atom is -0.467 e. The van der Waals surface area contributed by atoms with Crippen molar-refractivity contribution in [1.29, 1.82) is 0 Å². The molecule has 0 aliphatic carbocycles. The van der Waals surface area contributed by atoms with E-state index in [0.717, 1.165) is 41.6 Å². The summed E-state index contributed by atoms with van der Waals surface area (Å²) in [4.78, 5) is 19.9. The Morgan fingerprint density at radius 2 is 2.12 bits per heavy atom. The summed E-state index contributed by atoms with van der Waals surface area (Å²) in [5.41, 5.74) is 1.80. The van der Waals surface area contributed by atoms with Crippen molar-refractivity contribution in [3.8, 4) is 5.19 Å². The molecule has 0 radical (unpaired) electrons. The predicted octanol–water partition coefficient (Wildman–Crippen LogP) is 3.78. The zero-order chi connectivity index (χ0) is 17.9. The van der Waals surface area contributed by atoms with Crippen molar-refractivity contribution in [2.75, 3.05) is 13.1 Å². The highest BCUT2D eigenvalue weighted by atomic mass is 32.1. The van der Waals surface area contributed by atoms with Crippen molar-refractivity contribution in [3.63, 3.8) is 0 Å². The number of carbonyl (C=O) groups excluding carboxylic acids is 1. The number of carbonyl (C=O) groups is 1. The number of hydrogen-bond acceptors (Lipinski definition) is 7. The number of piperidine rings is 1. The minimum absolute atomic E-state index is 0.0573. The van der Waals surface area contributed by atoms with Crippen LogP contribution in [-0.2, 0) is 6.42 Å². The normalized spacial score (nSPS) is 15.5. The number of nitrogens with zero attached hydrogens (tertiary/aromatic N) is 4. The second kappa shape index (κ2) is 7.67. The number of aromatic nitrogens is 3. The number of aryl methyl sites for hydroxylation is 1. The molecule has 136 valence electrons. The van der Waals surface area contributed by atoms with Crippen LogP contribution in [0.1, 0.15) is 41.6 Å². The number of para-hydroxylation sites is 1. The Labute approximate surface area is 160 Å². The van der Waals surface area contributed by atoms with E-state index in [1.54, 1.807) is 11.3 Å². The van der Waals surface area contributed by atoms with Crippen LogP contribution < -0.4 is 4.74 Å². The molecule has 0 saturated carbocycles. The molecule has 1 aromatic carbocycles. The quantitative estimate of drug-likeness (QED) is 0.665. The smallest absolute Gasteiger partial charge is 0.274 e. The lowest BCUT2D eigenvalue weighted by atomic mass is 10.1. The number of benzene rings is 1. The molecule has 2 aromatic heterocycles. The van der Waals surface area contributed by atoms with E-state index in [0.29, 0.717) is 23.2 Å². The van der Waals surface area contributed by atoms with Crippen molar-refractivity contribution in [2.24, 2.45) is 0 Å². The van der Waals surface area contributed by atoms with E-state index in [1.807, 2.05) is 23.1 Å². The van der Waals surface area contributed by atoms with Gasteiger partial charge in [-0.25, -0.2) is 4.98 Å². The van der Waals surface area contributed by atoms with E-state index in [1.165, 1.54) is 11.5 Å². The van der Waals surface area contributed by atoms with Gasteiger partial charge in [-0.2, -0.15) is 0 Å². The third-order valence-electron chi connectivity index (χ3n) is 4.51. The first kappa shape index (κ1) is 17.4. The second-order valence-electron chi connectivity index (χ2n) is 6.36. The lowest BCUT2D eigenvalue weighted by Gasteiger charge is -2.31. The number of rotatable bonds is 5. The number of thiazole rings is 1. The second-order valence-corrected chi connectivity index (χ2v) is 8.10. The molecule has 0 unspecified atom stereocenters. The standard InChI is InChI=1S/C18H20N4O2S2/c1-2-5-14-16(26-21-20-14)17(23)22-10-8-12(9-11-22)24-18-19-13-6-3-4-7-15(13)25-18/h3-4,6-7,12H,2,5,8-11H2,1H3. The molecule has 0 N–H and O–H groups in total. The highest BCUT2D eigenvalue weighted by Gasteiger charge is 2.28. The number of amides is 1.